The first-order valence-electron chi connectivity index (χ1n) is 21.6. The molecule has 2 saturated heterocycles. The van der Waals surface area contributed by atoms with Crippen LogP contribution in [0.25, 0.3) is 22.5 Å². The number of alkyl halides is 6. The van der Waals surface area contributed by atoms with Crippen LogP contribution in [0.1, 0.15) is 83.6 Å². The van der Waals surface area contributed by atoms with Crippen LogP contribution in [0.4, 0.5) is 44.7 Å². The fraction of sp³-hybridized carbons (Fsp3) is 0.511. The number of amides is 2. The van der Waals surface area contributed by atoms with Crippen LogP contribution >= 0.6 is 0 Å². The zero-order valence-electron chi connectivity index (χ0n) is 38.1. The number of hydrogen-bond acceptors (Lipinski definition) is 13. The zero-order valence-corrected chi connectivity index (χ0v) is 38.1. The van der Waals surface area contributed by atoms with Crippen LogP contribution in [0.5, 0.6) is 0 Å². The molecule has 2 aliphatic carbocycles. The first-order chi connectivity index (χ1) is 32.0. The standard InChI is InChI=1S/C23H24F4N4O3.C11H8F4N4.C11H17NO4/c1-22(2,3)34-21(33)31-11-13-6-15(13)19(31)18(32)5-4-12-7-17(28-10-16(12)24)14-8-29-20(30-9-14)23(25,26)27;12-8-5-17-9(1-6(8)2-16)7-3-18-10(19-4-7)11(13,14)15;1-11(2,3)16-10(15)12-5-6-4-7(6)8(12)9(13)14/h7-10,13,15,19H,4-6,11H2,1-3H3;1,3-5H,2,16H2;6-8H,4-5H2,1-3H3,(H,13,14)/t13?,15-,19-;;6?,7-,8-/m0.0/s1. The topological polar surface area (TPSA) is 217 Å². The van der Waals surface area contributed by atoms with Crippen molar-refractivity contribution in [3.63, 3.8) is 0 Å². The molecule has 6 atom stereocenters. The average Bonchev–Trinajstić information content (AvgIpc) is 4.13. The molecule has 4 aliphatic rings. The molecular weight excluding hydrogens is 931 g/mol. The Bertz CT molecular complexity index is 2540. The van der Waals surface area contributed by atoms with E-state index in [9.17, 15) is 54.3 Å². The lowest BCUT2D eigenvalue weighted by molar-refractivity contribution is -0.145. The maximum Gasteiger partial charge on any atom is 0.451 e. The first-order valence-corrected chi connectivity index (χ1v) is 21.6. The maximum atomic E-state index is 14.4. The fourth-order valence-corrected chi connectivity index (χ4v) is 7.92. The quantitative estimate of drug-likeness (QED) is 0.160. The second-order valence-corrected chi connectivity index (χ2v) is 18.9. The third-order valence-electron chi connectivity index (χ3n) is 11.3. The van der Waals surface area contributed by atoms with Gasteiger partial charge in [-0.25, -0.2) is 43.1 Å². The second-order valence-electron chi connectivity index (χ2n) is 18.9. The molecule has 0 spiro atoms. The van der Waals surface area contributed by atoms with Gasteiger partial charge in [-0.3, -0.25) is 24.6 Å². The van der Waals surface area contributed by atoms with E-state index in [2.05, 4.69) is 29.9 Å². The molecule has 0 bridgehead atoms. The Morgan fingerprint density at radius 3 is 1.42 bits per heavy atom. The number of aromatic nitrogens is 6. The van der Waals surface area contributed by atoms with Crippen LogP contribution in [0, 0.1) is 35.3 Å². The Kier molecular flexibility index (Phi) is 15.0. The summed E-state index contributed by atoms with van der Waals surface area (Å²) in [6, 6.07) is 1.45. The summed E-state index contributed by atoms with van der Waals surface area (Å²) in [5.41, 5.74) is 5.36. The number of rotatable bonds is 8. The summed E-state index contributed by atoms with van der Waals surface area (Å²) in [5, 5.41) is 9.08. The number of aryl methyl sites for hydroxylation is 1. The number of Topliss-reactive ketones (excluding diaryl/α,β-unsaturated/α-hetero) is 1. The lowest BCUT2D eigenvalue weighted by atomic mass is 10.00. The number of ether oxygens (including phenoxy) is 2. The molecule has 4 fully saturated rings. The summed E-state index contributed by atoms with van der Waals surface area (Å²) in [6.45, 7) is 11.5. The maximum absolute atomic E-state index is 14.4. The van der Waals surface area contributed by atoms with Gasteiger partial charge in [0.2, 0.25) is 11.6 Å². The summed E-state index contributed by atoms with van der Waals surface area (Å²) >= 11 is 0. The van der Waals surface area contributed by atoms with Crippen molar-refractivity contribution in [2.45, 2.75) is 109 Å². The van der Waals surface area contributed by atoms with Gasteiger partial charge in [0.15, 0.2) is 5.78 Å². The molecular formula is C45H49F8N9O7. The van der Waals surface area contributed by atoms with E-state index in [0.717, 1.165) is 50.0 Å². The van der Waals surface area contributed by atoms with Crippen molar-refractivity contribution < 1.29 is 68.9 Å². The number of ketones is 1. The summed E-state index contributed by atoms with van der Waals surface area (Å²) < 4.78 is 113. The normalized spacial score (nSPS) is 21.4. The van der Waals surface area contributed by atoms with Gasteiger partial charge >= 0.3 is 30.5 Å². The van der Waals surface area contributed by atoms with Gasteiger partial charge < -0.3 is 20.3 Å². The van der Waals surface area contributed by atoms with Crippen molar-refractivity contribution in [2.24, 2.45) is 29.4 Å². The van der Waals surface area contributed by atoms with Crippen LogP contribution in [-0.2, 0) is 44.4 Å². The number of carboxylic acid groups (broad SMARTS) is 1. The summed E-state index contributed by atoms with van der Waals surface area (Å²) in [6.07, 6.45) is -2.66. The second kappa shape index (κ2) is 19.9. The molecule has 2 amide bonds. The molecule has 24 heteroatoms. The number of carbonyl (C=O) groups excluding carboxylic acids is 3. The monoisotopic (exact) mass is 979 g/mol. The summed E-state index contributed by atoms with van der Waals surface area (Å²) in [4.78, 5) is 71.9. The minimum Gasteiger partial charge on any atom is -0.480 e. The molecule has 16 nitrogen and oxygen atoms in total. The van der Waals surface area contributed by atoms with Gasteiger partial charge in [0, 0.05) is 67.5 Å². The molecule has 2 saturated carbocycles. The fourth-order valence-electron chi connectivity index (χ4n) is 7.92. The molecule has 4 aromatic rings. The molecule has 372 valence electrons. The van der Waals surface area contributed by atoms with Crippen molar-refractivity contribution in [1.29, 1.82) is 0 Å². The number of likely N-dealkylation sites (tertiary alicyclic amines) is 2. The van der Waals surface area contributed by atoms with Crippen LogP contribution in [0.3, 0.4) is 0 Å². The van der Waals surface area contributed by atoms with Crippen molar-refractivity contribution in [2.75, 3.05) is 13.1 Å². The Hall–Kier alpha value is -6.46. The zero-order chi connectivity index (χ0) is 51.0. The molecule has 6 heterocycles. The summed E-state index contributed by atoms with van der Waals surface area (Å²) in [5.74, 6) is -3.93. The van der Waals surface area contributed by atoms with Crippen LogP contribution in [0.2, 0.25) is 0 Å². The number of carbonyl (C=O) groups is 4. The van der Waals surface area contributed by atoms with Gasteiger partial charge in [0.1, 0.15) is 28.9 Å². The predicted molar refractivity (Wildman–Crippen MR) is 226 cm³/mol. The molecule has 0 aromatic carbocycles. The smallest absolute Gasteiger partial charge is 0.451 e. The van der Waals surface area contributed by atoms with Gasteiger partial charge in [-0.2, -0.15) is 26.3 Å². The third-order valence-corrected chi connectivity index (χ3v) is 11.3. The number of aliphatic carboxylic acids is 1. The van der Waals surface area contributed by atoms with Crippen molar-refractivity contribution in [3.8, 4) is 22.5 Å². The van der Waals surface area contributed by atoms with Gasteiger partial charge in [-0.1, -0.05) is 0 Å². The van der Waals surface area contributed by atoms with Gasteiger partial charge in [-0.15, -0.1) is 0 Å². The van der Waals surface area contributed by atoms with Crippen molar-refractivity contribution >= 4 is 23.9 Å². The molecule has 4 aromatic heterocycles. The van der Waals surface area contributed by atoms with Crippen molar-refractivity contribution in [1.82, 2.24) is 39.7 Å². The molecule has 8 rings (SSSR count). The average molecular weight is 980 g/mol. The van der Waals surface area contributed by atoms with Gasteiger partial charge in [0.05, 0.1) is 29.8 Å². The summed E-state index contributed by atoms with van der Waals surface area (Å²) in [7, 11) is 0. The number of piperidine rings is 2. The Morgan fingerprint density at radius 2 is 1.03 bits per heavy atom. The third kappa shape index (κ3) is 13.2. The van der Waals surface area contributed by atoms with E-state index < -0.39 is 77.1 Å². The van der Waals surface area contributed by atoms with Crippen LogP contribution in [0.15, 0.2) is 49.3 Å². The van der Waals surface area contributed by atoms with E-state index in [-0.39, 0.29) is 76.6 Å². The number of pyridine rings is 2. The first kappa shape index (κ1) is 51.9. The number of halogens is 8. The highest BCUT2D eigenvalue weighted by atomic mass is 19.4. The largest absolute Gasteiger partial charge is 0.480 e. The number of fused-ring (bicyclic) bond motifs is 2. The van der Waals surface area contributed by atoms with E-state index in [1.165, 1.54) is 21.9 Å². The number of hydrogen-bond donors (Lipinski definition) is 2. The Balaban J connectivity index is 0.000000188. The molecule has 2 aliphatic heterocycles. The Morgan fingerprint density at radius 1 is 0.638 bits per heavy atom. The minimum absolute atomic E-state index is 0.00291. The predicted octanol–water partition coefficient (Wildman–Crippen LogP) is 7.94. The lowest BCUT2D eigenvalue weighted by Gasteiger charge is -2.29. The molecule has 2 unspecified atom stereocenters. The number of nitrogens with zero attached hydrogens (tertiary/aromatic N) is 8. The van der Waals surface area contributed by atoms with E-state index in [0.29, 0.717) is 19.0 Å². The van der Waals surface area contributed by atoms with E-state index >= 15 is 0 Å². The van der Waals surface area contributed by atoms with Gasteiger partial charge in [0.25, 0.3) is 0 Å². The highest BCUT2D eigenvalue weighted by Gasteiger charge is 2.58. The molecule has 69 heavy (non-hydrogen) atoms. The van der Waals surface area contributed by atoms with E-state index in [1.54, 1.807) is 41.5 Å². The lowest BCUT2D eigenvalue weighted by Crippen LogP contribution is -2.45. The minimum atomic E-state index is -4.67. The van der Waals surface area contributed by atoms with Crippen LogP contribution < -0.4 is 5.73 Å². The molecule has 3 N–H and O–H groups in total. The molecule has 0 radical (unpaired) electrons. The van der Waals surface area contributed by atoms with Gasteiger partial charge in [-0.05, 0) is 102 Å². The number of nitrogens with two attached hydrogens (primary N) is 1. The SMILES string of the molecule is CC(C)(C)OC(=O)N1CC2C[C@@H]2[C@H]1C(=O)CCc1cc(-c2cnc(C(F)(F)F)nc2)ncc1F.CC(C)(C)OC(=O)N1CC2C[C@@H]2[C@H]1C(=O)O.NCc1cc(-c2cnc(C(F)(F)F)nc2)ncc1F. The highest BCUT2D eigenvalue weighted by Crippen LogP contribution is 2.51. The highest BCUT2D eigenvalue weighted by molar-refractivity contribution is 5.89. The van der Waals surface area contributed by atoms with E-state index in [4.69, 9.17) is 20.3 Å². The Labute approximate surface area is 390 Å². The van der Waals surface area contributed by atoms with Crippen LogP contribution in [-0.4, -0.2) is 105 Å². The number of carboxylic acids is 1. The van der Waals surface area contributed by atoms with E-state index in [1.807, 2.05) is 0 Å². The van der Waals surface area contributed by atoms with Crippen molar-refractivity contribution in [3.05, 3.63) is 83.7 Å².